The van der Waals surface area contributed by atoms with Gasteiger partial charge >= 0.3 is 5.97 Å². The number of benzene rings is 1. The number of nitrogens with zero attached hydrogens (tertiary/aromatic N) is 2. The zero-order valence-electron chi connectivity index (χ0n) is 10.2. The van der Waals surface area contributed by atoms with Crippen molar-refractivity contribution in [2.24, 2.45) is 5.92 Å². The van der Waals surface area contributed by atoms with Crippen LogP contribution < -0.4 is 4.90 Å². The van der Waals surface area contributed by atoms with Gasteiger partial charge in [0.1, 0.15) is 0 Å². The summed E-state index contributed by atoms with van der Waals surface area (Å²) in [6.07, 6.45) is 0.823. The van der Waals surface area contributed by atoms with Gasteiger partial charge in [-0.05, 0) is 18.6 Å². The number of para-hydroxylation sites is 2. The van der Waals surface area contributed by atoms with E-state index in [9.17, 15) is 4.79 Å². The Morgan fingerprint density at radius 3 is 3.11 bits per heavy atom. The molecule has 1 atom stereocenters. The highest BCUT2D eigenvalue weighted by Gasteiger charge is 2.30. The van der Waals surface area contributed by atoms with Crippen LogP contribution in [-0.2, 0) is 9.53 Å². The van der Waals surface area contributed by atoms with Gasteiger partial charge in [0, 0.05) is 13.1 Å². The fourth-order valence-electron chi connectivity index (χ4n) is 2.40. The molecule has 2 heterocycles. The summed E-state index contributed by atoms with van der Waals surface area (Å²) in [4.78, 5) is 21.4. The van der Waals surface area contributed by atoms with E-state index in [1.165, 1.54) is 7.11 Å². The van der Waals surface area contributed by atoms with E-state index in [2.05, 4.69) is 14.9 Å². The molecule has 18 heavy (non-hydrogen) atoms. The van der Waals surface area contributed by atoms with Crippen LogP contribution in [0, 0.1) is 5.92 Å². The van der Waals surface area contributed by atoms with E-state index < -0.39 is 0 Å². The summed E-state index contributed by atoms with van der Waals surface area (Å²) in [5, 5.41) is 0. The Kier molecular flexibility index (Phi) is 2.66. The average Bonchev–Trinajstić information content (AvgIpc) is 3.03. The summed E-state index contributed by atoms with van der Waals surface area (Å²) < 4.78 is 4.78. The van der Waals surface area contributed by atoms with Crippen molar-refractivity contribution < 1.29 is 9.53 Å². The Morgan fingerprint density at radius 2 is 2.33 bits per heavy atom. The van der Waals surface area contributed by atoms with Crippen molar-refractivity contribution >= 4 is 23.0 Å². The normalized spacial score (nSPS) is 19.4. The lowest BCUT2D eigenvalue weighted by molar-refractivity contribution is -0.144. The quantitative estimate of drug-likeness (QED) is 0.816. The topological polar surface area (TPSA) is 58.2 Å². The molecular formula is C13H15N3O2. The van der Waals surface area contributed by atoms with Gasteiger partial charge in [-0.25, -0.2) is 4.98 Å². The molecule has 5 nitrogen and oxygen atoms in total. The van der Waals surface area contributed by atoms with Crippen LogP contribution in [0.3, 0.4) is 0 Å². The predicted molar refractivity (Wildman–Crippen MR) is 68.4 cm³/mol. The Morgan fingerprint density at radius 1 is 1.50 bits per heavy atom. The van der Waals surface area contributed by atoms with Crippen LogP contribution in [0.5, 0.6) is 0 Å². The lowest BCUT2D eigenvalue weighted by atomic mass is 10.1. The number of anilines is 1. The van der Waals surface area contributed by atoms with Crippen molar-refractivity contribution in [1.29, 1.82) is 0 Å². The molecule has 1 fully saturated rings. The van der Waals surface area contributed by atoms with Crippen LogP contribution in [0.4, 0.5) is 5.95 Å². The Labute approximate surface area is 105 Å². The molecule has 1 aliphatic rings. The zero-order valence-corrected chi connectivity index (χ0v) is 10.2. The molecule has 1 aromatic carbocycles. The second-order valence-electron chi connectivity index (χ2n) is 4.53. The second-order valence-corrected chi connectivity index (χ2v) is 4.53. The van der Waals surface area contributed by atoms with Crippen molar-refractivity contribution in [3.63, 3.8) is 0 Å². The first-order valence-electron chi connectivity index (χ1n) is 6.05. The van der Waals surface area contributed by atoms with Gasteiger partial charge in [0.05, 0.1) is 24.1 Å². The molecule has 0 aliphatic carbocycles. The Bertz CT molecular complexity index is 545. The van der Waals surface area contributed by atoms with Crippen molar-refractivity contribution in [3.05, 3.63) is 24.3 Å². The number of hydrogen-bond acceptors (Lipinski definition) is 4. The van der Waals surface area contributed by atoms with Crippen molar-refractivity contribution in [2.45, 2.75) is 6.42 Å². The molecule has 5 heteroatoms. The first-order valence-corrected chi connectivity index (χ1v) is 6.05. The number of aromatic amines is 1. The van der Waals surface area contributed by atoms with E-state index in [0.717, 1.165) is 29.9 Å². The highest BCUT2D eigenvalue weighted by atomic mass is 16.5. The lowest BCUT2D eigenvalue weighted by Gasteiger charge is -2.13. The van der Waals surface area contributed by atoms with Crippen molar-refractivity contribution in [1.82, 2.24) is 9.97 Å². The van der Waals surface area contributed by atoms with Gasteiger partial charge in [-0.1, -0.05) is 12.1 Å². The fourth-order valence-corrected chi connectivity index (χ4v) is 2.40. The van der Waals surface area contributed by atoms with Gasteiger partial charge in [-0.15, -0.1) is 0 Å². The zero-order chi connectivity index (χ0) is 12.5. The molecule has 0 saturated carbocycles. The third kappa shape index (κ3) is 1.81. The van der Waals surface area contributed by atoms with E-state index in [-0.39, 0.29) is 11.9 Å². The molecule has 1 unspecified atom stereocenters. The van der Waals surface area contributed by atoms with Crippen LogP contribution in [-0.4, -0.2) is 36.1 Å². The SMILES string of the molecule is COC(=O)C1CCN(c2nc3ccccc3[nH]2)C1. The minimum atomic E-state index is -0.131. The molecule has 2 aromatic rings. The summed E-state index contributed by atoms with van der Waals surface area (Å²) >= 11 is 0. The number of esters is 1. The number of nitrogens with one attached hydrogen (secondary N) is 1. The average molecular weight is 245 g/mol. The maximum atomic E-state index is 11.5. The van der Waals surface area contributed by atoms with Gasteiger partial charge in [0.2, 0.25) is 5.95 Å². The predicted octanol–water partition coefficient (Wildman–Crippen LogP) is 1.56. The summed E-state index contributed by atoms with van der Waals surface area (Å²) in [6.45, 7) is 1.51. The van der Waals surface area contributed by atoms with Crippen LogP contribution in [0.1, 0.15) is 6.42 Å². The maximum absolute atomic E-state index is 11.5. The lowest BCUT2D eigenvalue weighted by Crippen LogP contribution is -2.24. The maximum Gasteiger partial charge on any atom is 0.310 e. The smallest absolute Gasteiger partial charge is 0.310 e. The summed E-state index contributed by atoms with van der Waals surface area (Å²) in [6, 6.07) is 7.92. The number of imidazole rings is 1. The second kappa shape index (κ2) is 4.33. The molecule has 94 valence electrons. The Balaban J connectivity index is 1.82. The summed E-state index contributed by atoms with van der Waals surface area (Å²) in [7, 11) is 1.44. The monoisotopic (exact) mass is 245 g/mol. The number of carbonyl (C=O) groups excluding carboxylic acids is 1. The number of ether oxygens (including phenoxy) is 1. The minimum absolute atomic E-state index is 0.0387. The number of methoxy groups -OCH3 is 1. The van der Waals surface area contributed by atoms with E-state index in [0.29, 0.717) is 6.54 Å². The minimum Gasteiger partial charge on any atom is -0.469 e. The number of rotatable bonds is 2. The van der Waals surface area contributed by atoms with Crippen LogP contribution in [0.2, 0.25) is 0 Å². The van der Waals surface area contributed by atoms with E-state index >= 15 is 0 Å². The number of aromatic nitrogens is 2. The molecule has 0 radical (unpaired) electrons. The van der Waals surface area contributed by atoms with E-state index in [1.807, 2.05) is 24.3 Å². The molecule has 3 rings (SSSR count). The molecular weight excluding hydrogens is 230 g/mol. The number of fused-ring (bicyclic) bond motifs is 1. The van der Waals surface area contributed by atoms with Crippen molar-refractivity contribution in [2.75, 3.05) is 25.1 Å². The third-order valence-electron chi connectivity index (χ3n) is 3.40. The molecule has 1 N–H and O–H groups in total. The molecule has 0 bridgehead atoms. The van der Waals surface area contributed by atoms with Gasteiger partial charge in [-0.2, -0.15) is 0 Å². The van der Waals surface area contributed by atoms with Gasteiger partial charge in [-0.3, -0.25) is 4.79 Å². The van der Waals surface area contributed by atoms with Gasteiger partial charge in [0.15, 0.2) is 0 Å². The van der Waals surface area contributed by atoms with E-state index in [1.54, 1.807) is 0 Å². The first-order chi connectivity index (χ1) is 8.78. The molecule has 1 aromatic heterocycles. The van der Waals surface area contributed by atoms with Gasteiger partial charge in [0.25, 0.3) is 0 Å². The first kappa shape index (κ1) is 11.1. The van der Waals surface area contributed by atoms with Crippen LogP contribution in [0.25, 0.3) is 11.0 Å². The molecule has 1 aliphatic heterocycles. The standard InChI is InChI=1S/C13H15N3O2/c1-18-12(17)9-6-7-16(8-9)13-14-10-4-2-3-5-11(10)15-13/h2-5,9H,6-8H2,1H3,(H,14,15). The number of hydrogen-bond donors (Lipinski definition) is 1. The highest BCUT2D eigenvalue weighted by Crippen LogP contribution is 2.24. The van der Waals surface area contributed by atoms with Gasteiger partial charge < -0.3 is 14.6 Å². The van der Waals surface area contributed by atoms with Crippen molar-refractivity contribution in [3.8, 4) is 0 Å². The van der Waals surface area contributed by atoms with E-state index in [4.69, 9.17) is 4.74 Å². The van der Waals surface area contributed by atoms with Crippen LogP contribution in [0.15, 0.2) is 24.3 Å². The number of H-pyrrole nitrogens is 1. The fraction of sp³-hybridized carbons (Fsp3) is 0.385. The largest absolute Gasteiger partial charge is 0.469 e. The molecule has 0 spiro atoms. The Hall–Kier alpha value is -2.04. The highest BCUT2D eigenvalue weighted by molar-refractivity contribution is 5.78. The molecule has 0 amide bonds. The van der Waals surface area contributed by atoms with Crippen LogP contribution >= 0.6 is 0 Å². The summed E-state index contributed by atoms with van der Waals surface area (Å²) in [5.74, 6) is 0.666. The third-order valence-corrected chi connectivity index (χ3v) is 3.40. The molecule has 1 saturated heterocycles. The number of carbonyl (C=O) groups is 1. The summed E-state index contributed by atoms with van der Waals surface area (Å²) in [5.41, 5.74) is 1.98.